The van der Waals surface area contributed by atoms with Gasteiger partial charge in [-0.05, 0) is 45.2 Å². The predicted octanol–water partition coefficient (Wildman–Crippen LogP) is 3.84. The van der Waals surface area contributed by atoms with Gasteiger partial charge in [-0.3, -0.25) is 4.79 Å². The van der Waals surface area contributed by atoms with Crippen molar-refractivity contribution in [2.45, 2.75) is 46.1 Å². The van der Waals surface area contributed by atoms with Crippen molar-refractivity contribution in [2.75, 3.05) is 18.0 Å². The van der Waals surface area contributed by atoms with Crippen LogP contribution < -0.4 is 10.2 Å². The van der Waals surface area contributed by atoms with E-state index in [-0.39, 0.29) is 22.5 Å². The number of amides is 1. The molecule has 0 aliphatic carbocycles. The summed E-state index contributed by atoms with van der Waals surface area (Å²) < 4.78 is 1.56. The summed E-state index contributed by atoms with van der Waals surface area (Å²) in [6.07, 6.45) is 7.24. The zero-order valence-corrected chi connectivity index (χ0v) is 19.2. The predicted molar refractivity (Wildman–Crippen MR) is 123 cm³/mol. The molecule has 0 atom stereocenters. The topological polar surface area (TPSA) is 99.2 Å². The summed E-state index contributed by atoms with van der Waals surface area (Å²) in [5.74, 6) is 1.01. The molecule has 0 radical (unpaired) electrons. The number of anilines is 1. The Hall–Kier alpha value is -3.18. The van der Waals surface area contributed by atoms with Gasteiger partial charge in [0.2, 0.25) is 5.91 Å². The fourth-order valence-electron chi connectivity index (χ4n) is 4.30. The number of nitrogens with one attached hydrogen (secondary N) is 1. The van der Waals surface area contributed by atoms with E-state index in [0.29, 0.717) is 16.8 Å². The Kier molecular flexibility index (Phi) is 6.02. The largest absolute Gasteiger partial charge is 0.357 e. The van der Waals surface area contributed by atoms with Gasteiger partial charge in [0, 0.05) is 30.9 Å². The fraction of sp³-hybridized carbons (Fsp3) is 0.435. The van der Waals surface area contributed by atoms with Crippen molar-refractivity contribution in [3.05, 3.63) is 41.4 Å². The first-order valence-corrected chi connectivity index (χ1v) is 11.2. The number of fused-ring (bicyclic) bond motifs is 1. The Morgan fingerprint density at radius 1 is 1.31 bits per heavy atom. The Morgan fingerprint density at radius 2 is 2.06 bits per heavy atom. The molecule has 3 aromatic heterocycles. The number of carbonyl (C=O) groups excluding carboxylic acids is 1. The highest BCUT2D eigenvalue weighted by atomic mass is 35.5. The van der Waals surface area contributed by atoms with Crippen molar-refractivity contribution in [1.82, 2.24) is 24.9 Å². The minimum absolute atomic E-state index is 0.141. The maximum absolute atomic E-state index is 12.8. The minimum atomic E-state index is -0.313. The van der Waals surface area contributed by atoms with Gasteiger partial charge in [-0.1, -0.05) is 18.5 Å². The van der Waals surface area contributed by atoms with Crippen molar-refractivity contribution in [3.8, 4) is 17.3 Å². The summed E-state index contributed by atoms with van der Waals surface area (Å²) in [5.41, 5.74) is 2.05. The van der Waals surface area contributed by atoms with Gasteiger partial charge >= 0.3 is 0 Å². The number of aromatic nitrogens is 4. The van der Waals surface area contributed by atoms with Crippen molar-refractivity contribution >= 4 is 28.8 Å². The monoisotopic (exact) mass is 451 g/mol. The summed E-state index contributed by atoms with van der Waals surface area (Å²) in [6.45, 7) is 7.62. The van der Waals surface area contributed by atoms with Crippen LogP contribution in [-0.2, 0) is 4.79 Å². The quantitative estimate of drug-likeness (QED) is 0.632. The first kappa shape index (κ1) is 22.0. The summed E-state index contributed by atoms with van der Waals surface area (Å²) >= 11 is 6.16. The summed E-state index contributed by atoms with van der Waals surface area (Å²) in [5, 5.41) is 17.0. The maximum atomic E-state index is 12.8. The molecule has 1 saturated heterocycles. The Bertz CT molecular complexity index is 1170. The number of pyridine rings is 1. The van der Waals surface area contributed by atoms with E-state index in [1.165, 1.54) is 6.20 Å². The molecule has 4 heterocycles. The molecule has 0 spiro atoms. The second kappa shape index (κ2) is 8.75. The van der Waals surface area contributed by atoms with Crippen molar-refractivity contribution in [1.29, 1.82) is 5.26 Å². The summed E-state index contributed by atoms with van der Waals surface area (Å²) in [7, 11) is 0. The fourth-order valence-corrected chi connectivity index (χ4v) is 4.48. The van der Waals surface area contributed by atoms with Crippen LogP contribution in [0.3, 0.4) is 0 Å². The van der Waals surface area contributed by atoms with Crippen LogP contribution in [0.1, 0.15) is 45.6 Å². The Morgan fingerprint density at radius 3 is 2.66 bits per heavy atom. The number of nitrogens with zero attached hydrogens (tertiary/aromatic N) is 6. The lowest BCUT2D eigenvalue weighted by Gasteiger charge is -2.41. The second-order valence-electron chi connectivity index (χ2n) is 8.53. The Balaban J connectivity index is 1.55. The van der Waals surface area contributed by atoms with Crippen LogP contribution in [-0.4, -0.2) is 44.6 Å². The lowest BCUT2D eigenvalue weighted by molar-refractivity contribution is -0.133. The van der Waals surface area contributed by atoms with Gasteiger partial charge in [-0.15, -0.1) is 0 Å². The molecule has 8 nitrogen and oxygen atoms in total. The van der Waals surface area contributed by atoms with Crippen LogP contribution >= 0.6 is 11.6 Å². The highest BCUT2D eigenvalue weighted by Crippen LogP contribution is 2.37. The highest BCUT2D eigenvalue weighted by molar-refractivity contribution is 6.29. The zero-order valence-electron chi connectivity index (χ0n) is 18.5. The van der Waals surface area contributed by atoms with E-state index in [9.17, 15) is 10.1 Å². The summed E-state index contributed by atoms with van der Waals surface area (Å²) in [6, 6.07) is 6.17. The van der Waals surface area contributed by atoms with Gasteiger partial charge in [0.25, 0.3) is 0 Å². The average molecular weight is 452 g/mol. The average Bonchev–Trinajstić information content (AvgIpc) is 3.21. The van der Waals surface area contributed by atoms with Crippen LogP contribution in [0.25, 0.3) is 16.8 Å². The third kappa shape index (κ3) is 4.00. The van der Waals surface area contributed by atoms with Gasteiger partial charge in [0.05, 0.1) is 17.8 Å². The van der Waals surface area contributed by atoms with Gasteiger partial charge in [-0.25, -0.2) is 14.5 Å². The minimum Gasteiger partial charge on any atom is -0.357 e. The number of rotatable bonds is 5. The van der Waals surface area contributed by atoms with E-state index in [2.05, 4.69) is 38.3 Å². The molecule has 3 aromatic rings. The third-order valence-corrected chi connectivity index (χ3v) is 6.41. The molecule has 0 saturated carbocycles. The summed E-state index contributed by atoms with van der Waals surface area (Å²) in [4.78, 5) is 24.1. The van der Waals surface area contributed by atoms with E-state index in [1.54, 1.807) is 16.9 Å². The van der Waals surface area contributed by atoms with Gasteiger partial charge in [-0.2, -0.15) is 10.4 Å². The van der Waals surface area contributed by atoms with Gasteiger partial charge < -0.3 is 10.2 Å². The second-order valence-corrected chi connectivity index (χ2v) is 8.92. The maximum Gasteiger partial charge on any atom is 0.226 e. The van der Waals surface area contributed by atoms with Gasteiger partial charge in [0.15, 0.2) is 0 Å². The first-order chi connectivity index (χ1) is 15.4. The molecular formula is C23H26ClN7O. The number of hydrogen-bond acceptors (Lipinski definition) is 6. The number of piperidine rings is 1. The highest BCUT2D eigenvalue weighted by Gasteiger charge is 2.40. The number of carbonyl (C=O) groups is 1. The molecule has 32 heavy (non-hydrogen) atoms. The van der Waals surface area contributed by atoms with E-state index in [1.807, 2.05) is 26.0 Å². The van der Waals surface area contributed by atoms with E-state index in [0.717, 1.165) is 43.7 Å². The molecule has 0 bridgehead atoms. The van der Waals surface area contributed by atoms with E-state index >= 15 is 0 Å². The van der Waals surface area contributed by atoms with Crippen molar-refractivity contribution in [3.63, 3.8) is 0 Å². The van der Waals surface area contributed by atoms with Crippen molar-refractivity contribution in [2.24, 2.45) is 5.41 Å². The molecule has 1 aliphatic heterocycles. The van der Waals surface area contributed by atoms with Crippen LogP contribution in [0.5, 0.6) is 0 Å². The van der Waals surface area contributed by atoms with Crippen LogP contribution in [0, 0.1) is 16.7 Å². The van der Waals surface area contributed by atoms with E-state index < -0.39 is 0 Å². The third-order valence-electron chi connectivity index (χ3n) is 6.23. The molecule has 0 unspecified atom stereocenters. The zero-order chi connectivity index (χ0) is 22.9. The molecule has 1 fully saturated rings. The Labute approximate surface area is 192 Å². The molecule has 1 amide bonds. The molecule has 1 N–H and O–H groups in total. The van der Waals surface area contributed by atoms with Crippen LogP contribution in [0.2, 0.25) is 5.15 Å². The molecule has 4 rings (SSSR count). The normalized spacial score (nSPS) is 15.7. The van der Waals surface area contributed by atoms with Crippen molar-refractivity contribution < 1.29 is 4.79 Å². The number of nitriles is 1. The molecule has 166 valence electrons. The molecule has 0 aromatic carbocycles. The number of hydrogen-bond donors (Lipinski definition) is 1. The standard InChI is InChI=1S/C23H26ClN7O/c1-4-23(22(32)28-15(2)3)7-9-30(10-8-23)19-6-5-16(12-26-19)20-21-17(11-25)13-27-31(21)14-18(24)29-20/h5-6,12-15H,4,7-10H2,1-3H3,(H,28,32). The van der Waals surface area contributed by atoms with Crippen LogP contribution in [0.15, 0.2) is 30.7 Å². The molecule has 9 heteroatoms. The lowest BCUT2D eigenvalue weighted by atomic mass is 9.75. The lowest BCUT2D eigenvalue weighted by Crippen LogP contribution is -2.50. The first-order valence-electron chi connectivity index (χ1n) is 10.8. The van der Waals surface area contributed by atoms with E-state index in [4.69, 9.17) is 11.6 Å². The van der Waals surface area contributed by atoms with Gasteiger partial charge in [0.1, 0.15) is 33.8 Å². The van der Waals surface area contributed by atoms with Crippen LogP contribution in [0.4, 0.5) is 5.82 Å². The number of halogens is 1. The molecular weight excluding hydrogens is 426 g/mol. The molecule has 1 aliphatic rings. The SMILES string of the molecule is CCC1(C(=O)NC(C)C)CCN(c2ccc(-c3nc(Cl)cn4ncc(C#N)c34)cn2)CC1. The smallest absolute Gasteiger partial charge is 0.226 e.